The second kappa shape index (κ2) is 4.88. The van der Waals surface area contributed by atoms with Gasteiger partial charge >= 0.3 is 6.09 Å². The lowest BCUT2D eigenvalue weighted by atomic mass is 10.0. The van der Waals surface area contributed by atoms with Gasteiger partial charge in [0.2, 0.25) is 0 Å². The van der Waals surface area contributed by atoms with Gasteiger partial charge in [-0.3, -0.25) is 5.32 Å². The van der Waals surface area contributed by atoms with Crippen molar-refractivity contribution in [3.63, 3.8) is 0 Å². The first-order valence-corrected chi connectivity index (χ1v) is 5.73. The van der Waals surface area contributed by atoms with E-state index < -0.39 is 6.09 Å². The van der Waals surface area contributed by atoms with Crippen LogP contribution in [0.2, 0.25) is 0 Å². The molecule has 17 heavy (non-hydrogen) atoms. The number of carbonyl (C=O) groups excluding carboxylic acids is 1. The highest BCUT2D eigenvalue weighted by Crippen LogP contribution is 2.44. The molecule has 0 saturated heterocycles. The summed E-state index contributed by atoms with van der Waals surface area (Å²) >= 11 is 0. The first-order chi connectivity index (χ1) is 8.26. The molecule has 1 amide bonds. The molecule has 0 heterocycles. The number of carbonyl (C=O) groups is 1. The fraction of sp³-hybridized carbons (Fsp3) is 0.385. The molecule has 1 aromatic rings. The van der Waals surface area contributed by atoms with E-state index in [1.54, 1.807) is 13.0 Å². The van der Waals surface area contributed by atoms with Crippen molar-refractivity contribution in [2.75, 3.05) is 11.9 Å². The van der Waals surface area contributed by atoms with Crippen molar-refractivity contribution in [1.29, 1.82) is 5.26 Å². The SMILES string of the molecule is CCOC(=O)Nc1c(C#N)cccc1C1CC1. The van der Waals surface area contributed by atoms with Crippen molar-refractivity contribution in [2.45, 2.75) is 25.7 Å². The molecule has 0 bridgehead atoms. The summed E-state index contributed by atoms with van der Waals surface area (Å²) in [5.41, 5.74) is 2.13. The van der Waals surface area contributed by atoms with E-state index in [-0.39, 0.29) is 0 Å². The van der Waals surface area contributed by atoms with E-state index in [0.29, 0.717) is 23.8 Å². The van der Waals surface area contributed by atoms with Crippen LogP contribution in [0.25, 0.3) is 0 Å². The van der Waals surface area contributed by atoms with Crippen LogP contribution in [0, 0.1) is 11.3 Å². The number of benzene rings is 1. The zero-order valence-electron chi connectivity index (χ0n) is 9.69. The lowest BCUT2D eigenvalue weighted by Gasteiger charge is -2.11. The third-order valence-corrected chi connectivity index (χ3v) is 2.74. The fourth-order valence-corrected chi connectivity index (χ4v) is 1.81. The van der Waals surface area contributed by atoms with Gasteiger partial charge in [0.05, 0.1) is 17.9 Å². The van der Waals surface area contributed by atoms with Gasteiger partial charge in [0.25, 0.3) is 0 Å². The molecule has 1 N–H and O–H groups in total. The van der Waals surface area contributed by atoms with Crippen LogP contribution >= 0.6 is 0 Å². The molecule has 0 spiro atoms. The fourth-order valence-electron chi connectivity index (χ4n) is 1.81. The maximum absolute atomic E-state index is 11.4. The summed E-state index contributed by atoms with van der Waals surface area (Å²) in [5, 5.41) is 11.7. The van der Waals surface area contributed by atoms with E-state index >= 15 is 0 Å². The topological polar surface area (TPSA) is 62.1 Å². The zero-order valence-corrected chi connectivity index (χ0v) is 9.69. The number of hydrogen-bond acceptors (Lipinski definition) is 3. The Kier molecular flexibility index (Phi) is 3.29. The standard InChI is InChI=1S/C13H14N2O2/c1-2-17-13(16)15-12-10(8-14)4-3-5-11(12)9-6-7-9/h3-5,9H,2,6-7H2,1H3,(H,15,16). The summed E-state index contributed by atoms with van der Waals surface area (Å²) < 4.78 is 4.84. The van der Waals surface area contributed by atoms with Crippen molar-refractivity contribution < 1.29 is 9.53 Å². The summed E-state index contributed by atoms with van der Waals surface area (Å²) in [7, 11) is 0. The number of nitriles is 1. The van der Waals surface area contributed by atoms with Gasteiger partial charge in [-0.05, 0) is 37.3 Å². The van der Waals surface area contributed by atoms with Gasteiger partial charge in [-0.1, -0.05) is 12.1 Å². The molecule has 0 radical (unpaired) electrons. The van der Waals surface area contributed by atoms with Gasteiger partial charge in [-0.25, -0.2) is 4.79 Å². The Hall–Kier alpha value is -2.02. The maximum atomic E-state index is 11.4. The van der Waals surface area contributed by atoms with Crippen LogP contribution in [-0.4, -0.2) is 12.7 Å². The smallest absolute Gasteiger partial charge is 0.411 e. The molecular formula is C13H14N2O2. The Labute approximate surface area is 100 Å². The average molecular weight is 230 g/mol. The zero-order chi connectivity index (χ0) is 12.3. The lowest BCUT2D eigenvalue weighted by molar-refractivity contribution is 0.168. The minimum Gasteiger partial charge on any atom is -0.450 e. The number of hydrogen-bond donors (Lipinski definition) is 1. The number of para-hydroxylation sites is 1. The number of rotatable bonds is 3. The Morgan fingerprint density at radius 2 is 2.35 bits per heavy atom. The Morgan fingerprint density at radius 3 is 2.94 bits per heavy atom. The van der Waals surface area contributed by atoms with Gasteiger partial charge in [0.15, 0.2) is 0 Å². The molecule has 1 aliphatic rings. The highest BCUT2D eigenvalue weighted by Gasteiger charge is 2.27. The summed E-state index contributed by atoms with van der Waals surface area (Å²) in [4.78, 5) is 11.4. The number of nitrogens with zero attached hydrogens (tertiary/aromatic N) is 1. The highest BCUT2D eigenvalue weighted by atomic mass is 16.5. The van der Waals surface area contributed by atoms with Crippen LogP contribution in [0.1, 0.15) is 36.8 Å². The molecule has 4 nitrogen and oxygen atoms in total. The minimum atomic E-state index is -0.503. The van der Waals surface area contributed by atoms with Crippen LogP contribution in [0.5, 0.6) is 0 Å². The third kappa shape index (κ3) is 2.56. The van der Waals surface area contributed by atoms with E-state index in [0.717, 1.165) is 18.4 Å². The van der Waals surface area contributed by atoms with E-state index in [1.165, 1.54) is 0 Å². The predicted molar refractivity (Wildman–Crippen MR) is 63.8 cm³/mol. The van der Waals surface area contributed by atoms with Gasteiger partial charge < -0.3 is 4.74 Å². The van der Waals surface area contributed by atoms with Gasteiger partial charge in [-0.2, -0.15) is 5.26 Å². The van der Waals surface area contributed by atoms with Crippen LogP contribution in [0.15, 0.2) is 18.2 Å². The molecule has 0 unspecified atom stereocenters. The normalized spacial score (nSPS) is 13.9. The van der Waals surface area contributed by atoms with Crippen LogP contribution in [0.3, 0.4) is 0 Å². The molecule has 1 aliphatic carbocycles. The number of amides is 1. The molecule has 1 saturated carbocycles. The Bertz CT molecular complexity index is 473. The van der Waals surface area contributed by atoms with E-state index in [9.17, 15) is 4.79 Å². The molecule has 88 valence electrons. The van der Waals surface area contributed by atoms with Crippen molar-refractivity contribution in [1.82, 2.24) is 0 Å². The first-order valence-electron chi connectivity index (χ1n) is 5.73. The maximum Gasteiger partial charge on any atom is 0.411 e. The van der Waals surface area contributed by atoms with E-state index in [2.05, 4.69) is 11.4 Å². The van der Waals surface area contributed by atoms with Crippen LogP contribution in [0.4, 0.5) is 10.5 Å². The molecule has 4 heteroatoms. The number of anilines is 1. The van der Waals surface area contributed by atoms with Crippen molar-refractivity contribution in [3.05, 3.63) is 29.3 Å². The van der Waals surface area contributed by atoms with Crippen LogP contribution in [-0.2, 0) is 4.74 Å². The van der Waals surface area contributed by atoms with E-state index in [4.69, 9.17) is 10.00 Å². The van der Waals surface area contributed by atoms with Crippen LogP contribution < -0.4 is 5.32 Å². The summed E-state index contributed by atoms with van der Waals surface area (Å²) in [6.07, 6.45) is 1.73. The quantitative estimate of drug-likeness (QED) is 0.868. The van der Waals surface area contributed by atoms with Gasteiger partial charge in [0, 0.05) is 0 Å². The summed E-state index contributed by atoms with van der Waals surface area (Å²) in [6.45, 7) is 2.07. The first kappa shape index (κ1) is 11.5. The largest absolute Gasteiger partial charge is 0.450 e. The van der Waals surface area contributed by atoms with Gasteiger partial charge in [0.1, 0.15) is 6.07 Å². The number of nitrogens with one attached hydrogen (secondary N) is 1. The van der Waals surface area contributed by atoms with Crippen molar-refractivity contribution in [3.8, 4) is 6.07 Å². The second-order valence-electron chi connectivity index (χ2n) is 4.00. The molecule has 0 aliphatic heterocycles. The Morgan fingerprint density at radius 1 is 1.59 bits per heavy atom. The molecule has 0 atom stereocenters. The Balaban J connectivity index is 2.29. The minimum absolute atomic E-state index is 0.319. The second-order valence-corrected chi connectivity index (χ2v) is 4.00. The molecule has 0 aromatic heterocycles. The predicted octanol–water partition coefficient (Wildman–Crippen LogP) is 3.00. The van der Waals surface area contributed by atoms with E-state index in [1.807, 2.05) is 12.1 Å². The number of ether oxygens (including phenoxy) is 1. The monoisotopic (exact) mass is 230 g/mol. The molecule has 1 aromatic carbocycles. The average Bonchev–Trinajstić information content (AvgIpc) is 3.13. The lowest BCUT2D eigenvalue weighted by Crippen LogP contribution is -2.15. The third-order valence-electron chi connectivity index (χ3n) is 2.74. The molecular weight excluding hydrogens is 216 g/mol. The summed E-state index contributed by atoms with van der Waals surface area (Å²) in [6, 6.07) is 7.61. The van der Waals surface area contributed by atoms with Crippen molar-refractivity contribution >= 4 is 11.8 Å². The molecule has 1 fully saturated rings. The highest BCUT2D eigenvalue weighted by molar-refractivity contribution is 5.88. The molecule has 2 rings (SSSR count). The van der Waals surface area contributed by atoms with Gasteiger partial charge in [-0.15, -0.1) is 0 Å². The van der Waals surface area contributed by atoms with Crippen molar-refractivity contribution in [2.24, 2.45) is 0 Å². The summed E-state index contributed by atoms with van der Waals surface area (Å²) in [5.74, 6) is 0.472.